The molecule has 2 aromatic rings. The van der Waals surface area contributed by atoms with E-state index in [1.54, 1.807) is 12.4 Å². The summed E-state index contributed by atoms with van der Waals surface area (Å²) in [6.45, 7) is 3.14. The Morgan fingerprint density at radius 2 is 2.18 bits per heavy atom. The van der Waals surface area contributed by atoms with E-state index in [0.717, 1.165) is 16.6 Å². The molecule has 12 heteroatoms. The number of carboxylic acid groups (broad SMARTS) is 1. The Morgan fingerprint density at radius 1 is 1.39 bits per heavy atom. The fraction of sp³-hybridized carbons (Fsp3) is 0.312. The summed E-state index contributed by atoms with van der Waals surface area (Å²) in [4.78, 5) is 38.5. The zero-order valence-corrected chi connectivity index (χ0v) is 17.9. The van der Waals surface area contributed by atoms with E-state index in [0.29, 0.717) is 9.24 Å². The second-order valence-corrected chi connectivity index (χ2v) is 10.8. The summed E-state index contributed by atoms with van der Waals surface area (Å²) in [6, 6.07) is 3.73. The first-order valence-corrected chi connectivity index (χ1v) is 11.5. The van der Waals surface area contributed by atoms with Crippen LogP contribution in [-0.4, -0.2) is 48.2 Å². The topological polar surface area (TPSA) is 112 Å². The smallest absolute Gasteiger partial charge is 0.353 e. The fourth-order valence-electron chi connectivity index (χ4n) is 3.25. The van der Waals surface area contributed by atoms with Crippen molar-refractivity contribution in [3.8, 4) is 0 Å². The molecule has 2 aromatic heterocycles. The highest BCUT2D eigenvalue weighted by atomic mass is 32.2. The van der Waals surface area contributed by atoms with E-state index < -0.39 is 22.1 Å². The molecule has 0 bridgehead atoms. The number of carboxylic acids is 1. The maximum atomic E-state index is 12.9. The van der Waals surface area contributed by atoms with Crippen molar-refractivity contribution in [2.75, 3.05) is 0 Å². The highest BCUT2D eigenvalue weighted by molar-refractivity contribution is 8.08. The Morgan fingerprint density at radius 3 is 2.75 bits per heavy atom. The third-order valence-corrected chi connectivity index (χ3v) is 8.96. The molecule has 0 saturated carbocycles. The van der Waals surface area contributed by atoms with E-state index in [1.165, 1.54) is 46.3 Å². The van der Waals surface area contributed by atoms with Crippen LogP contribution in [0.25, 0.3) is 0 Å². The van der Waals surface area contributed by atoms with Gasteiger partial charge in [-0.1, -0.05) is 29.2 Å². The van der Waals surface area contributed by atoms with E-state index in [9.17, 15) is 19.5 Å². The Hall–Kier alpha value is -1.89. The molecule has 3 atom stereocenters. The minimum absolute atomic E-state index is 0.113. The van der Waals surface area contributed by atoms with Gasteiger partial charge >= 0.3 is 5.97 Å². The maximum Gasteiger partial charge on any atom is 0.353 e. The molecule has 0 aliphatic carbocycles. The van der Waals surface area contributed by atoms with Crippen LogP contribution < -0.4 is 5.32 Å². The van der Waals surface area contributed by atoms with Crippen LogP contribution in [0.2, 0.25) is 0 Å². The molecule has 28 heavy (non-hydrogen) atoms. The zero-order chi connectivity index (χ0) is 20.1. The van der Waals surface area contributed by atoms with Gasteiger partial charge < -0.3 is 10.4 Å². The number of rotatable bonds is 5. The van der Waals surface area contributed by atoms with Gasteiger partial charge in [0.05, 0.1) is 4.91 Å². The quantitative estimate of drug-likeness (QED) is 0.663. The summed E-state index contributed by atoms with van der Waals surface area (Å²) in [5.41, 5.74) is 1.43. The van der Waals surface area contributed by atoms with Gasteiger partial charge in [0.15, 0.2) is 4.34 Å². The van der Waals surface area contributed by atoms with Crippen molar-refractivity contribution in [2.24, 2.45) is 0 Å². The van der Waals surface area contributed by atoms with Crippen LogP contribution in [0, 0.1) is 0 Å². The number of nitrogens with one attached hydrogen (secondary N) is 1. The number of thiophene rings is 1. The molecule has 0 radical (unpaired) electrons. The van der Waals surface area contributed by atoms with Crippen LogP contribution in [-0.2, 0) is 14.4 Å². The molecule has 0 aromatic carbocycles. The van der Waals surface area contributed by atoms with E-state index in [2.05, 4.69) is 15.5 Å². The lowest BCUT2D eigenvalue weighted by Crippen LogP contribution is -2.64. The van der Waals surface area contributed by atoms with Gasteiger partial charge in [-0.15, -0.1) is 33.3 Å². The molecular formula is C16H14N4O4S4. The number of nitrogens with zero attached hydrogens (tertiary/aromatic N) is 3. The Balaban J connectivity index is 1.82. The summed E-state index contributed by atoms with van der Waals surface area (Å²) in [5, 5.41) is 22.0. The minimum atomic E-state index is -1.22. The lowest BCUT2D eigenvalue weighted by Gasteiger charge is -2.54. The number of hydrogen-bond donors (Lipinski definition) is 2. The van der Waals surface area contributed by atoms with Crippen LogP contribution in [0.1, 0.15) is 24.6 Å². The number of fused-ring (bicyclic) bond motifs is 1. The lowest BCUT2D eigenvalue weighted by molar-refractivity contribution is -0.148. The van der Waals surface area contributed by atoms with Gasteiger partial charge in [0.2, 0.25) is 11.8 Å². The summed E-state index contributed by atoms with van der Waals surface area (Å²) in [7, 11) is 0. The lowest BCUT2D eigenvalue weighted by atomic mass is 9.94. The third kappa shape index (κ3) is 3.13. The summed E-state index contributed by atoms with van der Waals surface area (Å²) >= 11 is 5.20. The van der Waals surface area contributed by atoms with Gasteiger partial charge in [-0.3, -0.25) is 14.5 Å². The van der Waals surface area contributed by atoms with Crippen LogP contribution >= 0.6 is 46.2 Å². The molecule has 2 aliphatic heterocycles. The second kappa shape index (κ2) is 7.17. The molecule has 4 heterocycles. The largest absolute Gasteiger partial charge is 0.477 e. The molecule has 2 N–H and O–H groups in total. The van der Waals surface area contributed by atoms with Gasteiger partial charge in [-0.25, -0.2) is 4.79 Å². The molecule has 1 saturated heterocycles. The maximum absolute atomic E-state index is 12.9. The van der Waals surface area contributed by atoms with E-state index in [-0.39, 0.29) is 17.5 Å². The highest BCUT2D eigenvalue weighted by Gasteiger charge is 2.60. The number of thioether (sulfide) groups is 2. The molecular weight excluding hydrogens is 440 g/mol. The van der Waals surface area contributed by atoms with Crippen molar-refractivity contribution in [3.05, 3.63) is 38.5 Å². The van der Waals surface area contributed by atoms with Crippen LogP contribution in [0.4, 0.5) is 0 Å². The number of carbonyl (C=O) groups is 3. The average Bonchev–Trinajstić information content (AvgIpc) is 3.29. The summed E-state index contributed by atoms with van der Waals surface area (Å²) < 4.78 is 0.534. The van der Waals surface area contributed by atoms with Crippen LogP contribution in [0.3, 0.4) is 0 Å². The Bertz CT molecular complexity index is 975. The monoisotopic (exact) mass is 454 g/mol. The standard InChI is InChI=1S/C16H14N4O4S4/c1-7(21)18-16(2)11(27-15-19-17-6-26-15)10(14(23)24)20-12(22)9(13(20)28-16)8-4-3-5-25-8/h3-6,9,13H,1-2H3,(H,18,21)(H,23,24)/t9?,13-,16?/m1/s1. The van der Waals surface area contributed by atoms with E-state index >= 15 is 0 Å². The van der Waals surface area contributed by atoms with Crippen molar-refractivity contribution >= 4 is 64.0 Å². The first kappa shape index (κ1) is 19.4. The number of amides is 2. The molecule has 2 amide bonds. The Labute approximate surface area is 176 Å². The fourth-order valence-corrected chi connectivity index (χ4v) is 7.69. The van der Waals surface area contributed by atoms with Gasteiger partial charge in [0, 0.05) is 11.8 Å². The zero-order valence-electron chi connectivity index (χ0n) is 14.6. The molecule has 146 valence electrons. The number of carbonyl (C=O) groups excluding carboxylic acids is 2. The van der Waals surface area contributed by atoms with Crippen LogP contribution in [0.5, 0.6) is 0 Å². The van der Waals surface area contributed by atoms with Gasteiger partial charge in [0.1, 0.15) is 27.4 Å². The van der Waals surface area contributed by atoms with Crippen molar-refractivity contribution < 1.29 is 19.5 Å². The highest BCUT2D eigenvalue weighted by Crippen LogP contribution is 2.57. The molecule has 8 nitrogen and oxygen atoms in total. The molecule has 4 rings (SSSR count). The first-order valence-electron chi connectivity index (χ1n) is 8.07. The van der Waals surface area contributed by atoms with Gasteiger partial charge in [0.25, 0.3) is 0 Å². The van der Waals surface area contributed by atoms with Gasteiger partial charge in [-0.2, -0.15) is 0 Å². The molecule has 0 spiro atoms. The second-order valence-electron chi connectivity index (χ2n) is 6.21. The van der Waals surface area contributed by atoms with Crippen LogP contribution in [0.15, 0.2) is 38.0 Å². The molecule has 2 unspecified atom stereocenters. The van der Waals surface area contributed by atoms with Crippen molar-refractivity contribution in [1.82, 2.24) is 20.4 Å². The number of hydrogen-bond acceptors (Lipinski definition) is 9. The number of β-lactam (4-membered cyclic amide) rings is 1. The predicted octanol–water partition coefficient (Wildman–Crippen LogP) is 2.54. The third-order valence-electron chi connectivity index (χ3n) is 4.29. The van der Waals surface area contributed by atoms with Gasteiger partial charge in [-0.05, 0) is 18.4 Å². The minimum Gasteiger partial charge on any atom is -0.477 e. The number of aromatic nitrogens is 2. The predicted molar refractivity (Wildman–Crippen MR) is 108 cm³/mol. The average molecular weight is 455 g/mol. The normalized spacial score (nSPS) is 26.6. The molecule has 2 aliphatic rings. The molecule has 1 fully saturated rings. The SMILES string of the molecule is CC(=O)NC1(C)S[C@@H]2C(c3cccs3)C(=O)N2C(C(=O)O)=C1Sc1nncs1. The van der Waals surface area contributed by atoms with Crippen molar-refractivity contribution in [1.29, 1.82) is 0 Å². The Kier molecular flexibility index (Phi) is 4.98. The first-order chi connectivity index (χ1) is 13.3. The van der Waals surface area contributed by atoms with Crippen molar-refractivity contribution in [3.63, 3.8) is 0 Å². The van der Waals surface area contributed by atoms with Crippen molar-refractivity contribution in [2.45, 2.75) is 34.3 Å². The summed E-state index contributed by atoms with van der Waals surface area (Å²) in [6.07, 6.45) is 0. The van der Waals surface area contributed by atoms with E-state index in [1.807, 2.05) is 17.5 Å². The van der Waals surface area contributed by atoms with E-state index in [4.69, 9.17) is 0 Å². The number of aliphatic carboxylic acids is 1. The summed E-state index contributed by atoms with van der Waals surface area (Å²) in [5.74, 6) is -2.19.